The third kappa shape index (κ3) is 2.51. The van der Waals surface area contributed by atoms with E-state index in [9.17, 15) is 9.18 Å². The van der Waals surface area contributed by atoms with E-state index >= 15 is 0 Å². The Hall–Kier alpha value is -1.87. The van der Waals surface area contributed by atoms with Crippen LogP contribution < -0.4 is 0 Å². The van der Waals surface area contributed by atoms with Crippen LogP contribution in [0.4, 0.5) is 4.39 Å². The Kier molecular flexibility index (Phi) is 3.63. The van der Waals surface area contributed by atoms with Crippen LogP contribution in [0.3, 0.4) is 0 Å². The van der Waals surface area contributed by atoms with Gasteiger partial charge >= 0.3 is 5.97 Å². The summed E-state index contributed by atoms with van der Waals surface area (Å²) in [4.78, 5) is 11.3. The second kappa shape index (κ2) is 5.19. The number of benzene rings is 2. The molecule has 18 heavy (non-hydrogen) atoms. The van der Waals surface area contributed by atoms with Gasteiger partial charge in [0.25, 0.3) is 0 Å². The lowest BCUT2D eigenvalue weighted by atomic mass is 10.0. The van der Waals surface area contributed by atoms with E-state index in [4.69, 9.17) is 11.6 Å². The highest BCUT2D eigenvalue weighted by Crippen LogP contribution is 2.24. The fourth-order valence-electron chi connectivity index (χ4n) is 1.59. The maximum atomic E-state index is 13.3. The van der Waals surface area contributed by atoms with Crippen LogP contribution >= 0.6 is 11.6 Å². The molecule has 0 saturated carbocycles. The summed E-state index contributed by atoms with van der Waals surface area (Å²) < 4.78 is 17.9. The van der Waals surface area contributed by atoms with Crippen LogP contribution in [0.25, 0.3) is 11.1 Å². The molecule has 2 rings (SSSR count). The fourth-order valence-corrected chi connectivity index (χ4v) is 1.71. The summed E-state index contributed by atoms with van der Waals surface area (Å²) in [7, 11) is 1.32. The average Bonchev–Trinajstić information content (AvgIpc) is 2.41. The summed E-state index contributed by atoms with van der Waals surface area (Å²) in [6, 6.07) is 11.3. The number of rotatable bonds is 2. The van der Waals surface area contributed by atoms with Crippen molar-refractivity contribution >= 4 is 17.6 Å². The predicted molar refractivity (Wildman–Crippen MR) is 68.2 cm³/mol. The van der Waals surface area contributed by atoms with Gasteiger partial charge in [-0.2, -0.15) is 0 Å². The number of carbonyl (C=O) groups excluding carboxylic acids is 1. The third-order valence-corrected chi connectivity index (χ3v) is 2.87. The van der Waals surface area contributed by atoms with Crippen molar-refractivity contribution in [2.24, 2.45) is 0 Å². The van der Waals surface area contributed by atoms with Crippen molar-refractivity contribution in [2.45, 2.75) is 0 Å². The van der Waals surface area contributed by atoms with Crippen molar-refractivity contribution in [3.05, 3.63) is 58.9 Å². The van der Waals surface area contributed by atoms with Gasteiger partial charge in [0.15, 0.2) is 0 Å². The molecule has 2 aromatic carbocycles. The van der Waals surface area contributed by atoms with Gasteiger partial charge < -0.3 is 4.74 Å². The van der Waals surface area contributed by atoms with Crippen LogP contribution in [-0.2, 0) is 4.74 Å². The van der Waals surface area contributed by atoms with Crippen LogP contribution in [-0.4, -0.2) is 13.1 Å². The number of hydrogen-bond donors (Lipinski definition) is 0. The van der Waals surface area contributed by atoms with Crippen LogP contribution in [0.15, 0.2) is 42.5 Å². The number of halogens is 2. The molecular formula is C14H10ClFO2. The minimum atomic E-state index is -0.466. The van der Waals surface area contributed by atoms with Gasteiger partial charge in [-0.05, 0) is 35.4 Å². The number of ether oxygens (including phenoxy) is 1. The molecule has 0 fully saturated rings. The lowest BCUT2D eigenvalue weighted by molar-refractivity contribution is 0.0601. The van der Waals surface area contributed by atoms with Gasteiger partial charge in [0, 0.05) is 0 Å². The Bertz CT molecular complexity index is 579. The Balaban J connectivity index is 2.34. The van der Waals surface area contributed by atoms with Gasteiger partial charge in [-0.15, -0.1) is 0 Å². The maximum Gasteiger partial charge on any atom is 0.337 e. The molecule has 0 aliphatic rings. The largest absolute Gasteiger partial charge is 0.465 e. The van der Waals surface area contributed by atoms with E-state index in [1.807, 2.05) is 0 Å². The number of hydrogen-bond acceptors (Lipinski definition) is 2. The first-order chi connectivity index (χ1) is 8.61. The lowest BCUT2D eigenvalue weighted by Crippen LogP contribution is -2.00. The van der Waals surface area contributed by atoms with E-state index in [-0.39, 0.29) is 5.02 Å². The molecule has 0 saturated heterocycles. The van der Waals surface area contributed by atoms with Crippen LogP contribution in [0.2, 0.25) is 5.02 Å². The maximum absolute atomic E-state index is 13.3. The Morgan fingerprint density at radius 3 is 2.28 bits per heavy atom. The average molecular weight is 265 g/mol. The topological polar surface area (TPSA) is 26.3 Å². The molecule has 2 aromatic rings. The van der Waals surface area contributed by atoms with E-state index < -0.39 is 11.8 Å². The Morgan fingerprint density at radius 2 is 1.72 bits per heavy atom. The molecule has 0 aliphatic heterocycles. The molecule has 0 amide bonds. The van der Waals surface area contributed by atoms with Gasteiger partial charge in [0.1, 0.15) is 5.82 Å². The second-order valence-electron chi connectivity index (χ2n) is 3.70. The van der Waals surface area contributed by atoms with Gasteiger partial charge in [0.2, 0.25) is 0 Å². The van der Waals surface area contributed by atoms with E-state index in [0.717, 1.165) is 5.56 Å². The van der Waals surface area contributed by atoms with Gasteiger partial charge in [-0.1, -0.05) is 29.8 Å². The molecule has 0 N–H and O–H groups in total. The summed E-state index contributed by atoms with van der Waals surface area (Å²) >= 11 is 5.62. The van der Waals surface area contributed by atoms with Crippen LogP contribution in [0.1, 0.15) is 10.4 Å². The standard InChI is InChI=1S/C14H10ClFO2/c1-18-14(17)10-4-2-9(3-5-10)11-6-7-12(15)13(16)8-11/h2-8H,1H3. The summed E-state index contributed by atoms with van der Waals surface area (Å²) in [5.41, 5.74) is 1.96. The van der Waals surface area contributed by atoms with Gasteiger partial charge in [-0.3, -0.25) is 0 Å². The molecule has 0 heterocycles. The highest BCUT2D eigenvalue weighted by molar-refractivity contribution is 6.30. The second-order valence-corrected chi connectivity index (χ2v) is 4.11. The van der Waals surface area contributed by atoms with E-state index in [1.165, 1.54) is 19.2 Å². The van der Waals surface area contributed by atoms with Gasteiger partial charge in [-0.25, -0.2) is 9.18 Å². The molecule has 0 atom stereocenters. The third-order valence-electron chi connectivity index (χ3n) is 2.56. The van der Waals surface area contributed by atoms with Crippen molar-refractivity contribution in [3.8, 4) is 11.1 Å². The molecule has 0 spiro atoms. The molecule has 0 radical (unpaired) electrons. The van der Waals surface area contributed by atoms with E-state index in [0.29, 0.717) is 11.1 Å². The highest BCUT2D eigenvalue weighted by atomic mass is 35.5. The molecule has 0 aromatic heterocycles. The smallest absolute Gasteiger partial charge is 0.337 e. The number of esters is 1. The zero-order valence-corrected chi connectivity index (χ0v) is 10.4. The Morgan fingerprint density at radius 1 is 1.11 bits per heavy atom. The quantitative estimate of drug-likeness (QED) is 0.768. The lowest BCUT2D eigenvalue weighted by Gasteiger charge is -2.04. The SMILES string of the molecule is COC(=O)c1ccc(-c2ccc(Cl)c(F)c2)cc1. The van der Waals surface area contributed by atoms with Crippen LogP contribution in [0.5, 0.6) is 0 Å². The van der Waals surface area contributed by atoms with Gasteiger partial charge in [0.05, 0.1) is 17.7 Å². The minimum Gasteiger partial charge on any atom is -0.465 e. The summed E-state index contributed by atoms with van der Waals surface area (Å²) in [6.07, 6.45) is 0. The zero-order chi connectivity index (χ0) is 13.1. The van der Waals surface area contributed by atoms with Crippen molar-refractivity contribution in [3.63, 3.8) is 0 Å². The summed E-state index contributed by atoms with van der Waals surface area (Å²) in [5, 5.41) is 0.0879. The van der Waals surface area contributed by atoms with E-state index in [1.54, 1.807) is 30.3 Å². The van der Waals surface area contributed by atoms with Crippen molar-refractivity contribution in [1.29, 1.82) is 0 Å². The first-order valence-corrected chi connectivity index (χ1v) is 5.63. The molecule has 92 valence electrons. The first-order valence-electron chi connectivity index (χ1n) is 5.25. The first kappa shape index (κ1) is 12.6. The molecule has 2 nitrogen and oxygen atoms in total. The van der Waals surface area contributed by atoms with Crippen LogP contribution in [0, 0.1) is 5.82 Å². The fraction of sp³-hybridized carbons (Fsp3) is 0.0714. The summed E-state index contributed by atoms with van der Waals surface area (Å²) in [6.45, 7) is 0. The number of carbonyl (C=O) groups is 1. The zero-order valence-electron chi connectivity index (χ0n) is 9.61. The Labute approximate surface area is 109 Å². The van der Waals surface area contributed by atoms with Crippen molar-refractivity contribution < 1.29 is 13.9 Å². The predicted octanol–water partition coefficient (Wildman–Crippen LogP) is 3.93. The molecule has 0 aliphatic carbocycles. The minimum absolute atomic E-state index is 0.0879. The summed E-state index contributed by atoms with van der Waals surface area (Å²) in [5.74, 6) is -0.866. The number of methoxy groups -OCH3 is 1. The van der Waals surface area contributed by atoms with Crippen molar-refractivity contribution in [2.75, 3.05) is 7.11 Å². The highest BCUT2D eigenvalue weighted by Gasteiger charge is 2.06. The van der Waals surface area contributed by atoms with Crippen molar-refractivity contribution in [1.82, 2.24) is 0 Å². The molecular weight excluding hydrogens is 255 g/mol. The van der Waals surface area contributed by atoms with E-state index in [2.05, 4.69) is 4.74 Å². The monoisotopic (exact) mass is 264 g/mol. The molecule has 0 unspecified atom stereocenters. The normalized spacial score (nSPS) is 10.2. The molecule has 0 bridgehead atoms. The molecule has 4 heteroatoms.